The first-order valence-corrected chi connectivity index (χ1v) is 2.25. The molecule has 0 saturated carbocycles. The Bertz CT molecular complexity index is 90.4. The molecule has 1 heteroatoms. The minimum atomic E-state index is 0.877. The Hall–Kier alpha value is -0.720. The van der Waals surface area contributed by atoms with Gasteiger partial charge in [0.15, 0.2) is 0 Å². The fraction of sp³-hybridized carbons (Fsp3) is 0.333. The zero-order valence-corrected chi connectivity index (χ0v) is 4.68. The number of allylic oxidation sites excluding steroid dienone is 3. The molecule has 0 aromatic carbocycles. The van der Waals surface area contributed by atoms with Gasteiger partial charge in [-0.3, -0.25) is 0 Å². The van der Waals surface area contributed by atoms with Crippen molar-refractivity contribution < 1.29 is 5.11 Å². The Morgan fingerprint density at radius 2 is 2.14 bits per heavy atom. The highest BCUT2D eigenvalue weighted by Crippen LogP contribution is 1.89. The van der Waals surface area contributed by atoms with E-state index < -0.39 is 0 Å². The van der Waals surface area contributed by atoms with E-state index in [0.29, 0.717) is 0 Å². The Labute approximate surface area is 44.0 Å². The molecule has 0 aliphatic rings. The minimum Gasteiger partial charge on any atom is -0.515 e. The second-order valence-corrected chi connectivity index (χ2v) is 1.37. The molecule has 1 N–H and O–H groups in total. The topological polar surface area (TPSA) is 20.2 Å². The van der Waals surface area contributed by atoms with Crippen molar-refractivity contribution in [2.24, 2.45) is 0 Å². The molecule has 0 aromatic heterocycles. The highest BCUT2D eigenvalue weighted by Gasteiger charge is 1.71. The fourth-order valence-electron chi connectivity index (χ4n) is 0.306. The first kappa shape index (κ1) is 6.28. The van der Waals surface area contributed by atoms with Gasteiger partial charge in [0.2, 0.25) is 0 Å². The lowest BCUT2D eigenvalue weighted by atomic mass is 10.3. The molecule has 0 spiro atoms. The number of hydrogen-bond donors (Lipinski definition) is 1. The zero-order valence-electron chi connectivity index (χ0n) is 4.68. The van der Waals surface area contributed by atoms with Gasteiger partial charge in [0.05, 0.1) is 6.26 Å². The molecular weight excluding hydrogens is 88.1 g/mol. The van der Waals surface area contributed by atoms with Crippen LogP contribution in [0.1, 0.15) is 13.8 Å². The Morgan fingerprint density at radius 1 is 1.57 bits per heavy atom. The van der Waals surface area contributed by atoms with Gasteiger partial charge in [0.25, 0.3) is 0 Å². The van der Waals surface area contributed by atoms with Crippen molar-refractivity contribution in [2.75, 3.05) is 0 Å². The first-order chi connectivity index (χ1) is 3.31. The predicted molar refractivity (Wildman–Crippen MR) is 31.2 cm³/mol. The van der Waals surface area contributed by atoms with Crippen LogP contribution >= 0.6 is 0 Å². The maximum Gasteiger partial charge on any atom is 0.0820 e. The Balaban J connectivity index is 3.58. The van der Waals surface area contributed by atoms with Crippen LogP contribution in [0.4, 0.5) is 0 Å². The number of aliphatic hydroxyl groups is 1. The van der Waals surface area contributed by atoms with Crippen LogP contribution in [0.2, 0.25) is 0 Å². The lowest BCUT2D eigenvalue weighted by Crippen LogP contribution is -1.62. The normalized spacial score (nSPS) is 13.1. The molecule has 0 saturated heterocycles. The third kappa shape index (κ3) is 3.10. The van der Waals surface area contributed by atoms with Gasteiger partial charge < -0.3 is 5.11 Å². The number of aliphatic hydroxyl groups excluding tert-OH is 1. The molecule has 0 radical (unpaired) electrons. The lowest BCUT2D eigenvalue weighted by Gasteiger charge is -1.80. The molecule has 0 fully saturated rings. The highest BCUT2D eigenvalue weighted by molar-refractivity contribution is 5.11. The summed E-state index contributed by atoms with van der Waals surface area (Å²) in [5, 5.41) is 8.25. The van der Waals surface area contributed by atoms with Gasteiger partial charge in [-0.2, -0.15) is 0 Å². The third-order valence-electron chi connectivity index (χ3n) is 0.633. The van der Waals surface area contributed by atoms with Crippen molar-refractivity contribution in [2.45, 2.75) is 13.8 Å². The average molecular weight is 98.1 g/mol. The van der Waals surface area contributed by atoms with Gasteiger partial charge in [0, 0.05) is 0 Å². The quantitative estimate of drug-likeness (QED) is 0.393. The predicted octanol–water partition coefficient (Wildman–Crippen LogP) is 2.02. The standard InChI is InChI=1S/C6H10O/c1-3-4-6(2)5-7/h3-5,7H,1-2H3. The molecule has 7 heavy (non-hydrogen) atoms. The van der Waals surface area contributed by atoms with E-state index in [1.165, 1.54) is 0 Å². The molecule has 0 aliphatic heterocycles. The summed E-state index contributed by atoms with van der Waals surface area (Å²) in [6.45, 7) is 3.74. The molecule has 40 valence electrons. The smallest absolute Gasteiger partial charge is 0.0820 e. The van der Waals surface area contributed by atoms with Gasteiger partial charge in [-0.05, 0) is 19.4 Å². The summed E-state index contributed by atoms with van der Waals surface area (Å²) < 4.78 is 0. The zero-order chi connectivity index (χ0) is 5.70. The monoisotopic (exact) mass is 98.1 g/mol. The van der Waals surface area contributed by atoms with E-state index in [0.717, 1.165) is 11.8 Å². The van der Waals surface area contributed by atoms with Crippen molar-refractivity contribution in [3.63, 3.8) is 0 Å². The van der Waals surface area contributed by atoms with Gasteiger partial charge in [-0.25, -0.2) is 0 Å². The molecule has 0 rings (SSSR count). The maximum atomic E-state index is 8.25. The molecule has 0 aromatic rings. The molecule has 0 aliphatic carbocycles. The maximum absolute atomic E-state index is 8.25. The summed E-state index contributed by atoms with van der Waals surface area (Å²) in [5.74, 6) is 0. The number of hydrogen-bond acceptors (Lipinski definition) is 1. The van der Waals surface area contributed by atoms with Crippen LogP contribution in [0.5, 0.6) is 0 Å². The minimum absolute atomic E-state index is 0.877. The Kier molecular flexibility index (Phi) is 3.11. The molecule has 1 nitrogen and oxygen atoms in total. The van der Waals surface area contributed by atoms with E-state index in [9.17, 15) is 0 Å². The summed E-state index contributed by atoms with van der Waals surface area (Å²) in [4.78, 5) is 0. The van der Waals surface area contributed by atoms with Crippen molar-refractivity contribution in [1.29, 1.82) is 0 Å². The van der Waals surface area contributed by atoms with Crippen molar-refractivity contribution in [3.05, 3.63) is 24.0 Å². The van der Waals surface area contributed by atoms with Crippen LogP contribution in [0.25, 0.3) is 0 Å². The van der Waals surface area contributed by atoms with Crippen molar-refractivity contribution in [3.8, 4) is 0 Å². The first-order valence-electron chi connectivity index (χ1n) is 2.25. The van der Waals surface area contributed by atoms with E-state index in [1.54, 1.807) is 0 Å². The van der Waals surface area contributed by atoms with E-state index in [1.807, 2.05) is 26.0 Å². The summed E-state index contributed by atoms with van der Waals surface area (Å²) in [6.07, 6.45) is 4.79. The summed E-state index contributed by atoms with van der Waals surface area (Å²) in [5.41, 5.74) is 0.877. The van der Waals surface area contributed by atoms with E-state index in [-0.39, 0.29) is 0 Å². The fourth-order valence-corrected chi connectivity index (χ4v) is 0.306. The van der Waals surface area contributed by atoms with Crippen LogP contribution < -0.4 is 0 Å². The molecule has 0 unspecified atom stereocenters. The largest absolute Gasteiger partial charge is 0.515 e. The van der Waals surface area contributed by atoms with Gasteiger partial charge in [-0.1, -0.05) is 12.2 Å². The second kappa shape index (κ2) is 3.47. The van der Waals surface area contributed by atoms with Crippen LogP contribution in [0.3, 0.4) is 0 Å². The number of rotatable bonds is 1. The van der Waals surface area contributed by atoms with Crippen LogP contribution in [-0.2, 0) is 0 Å². The SMILES string of the molecule is CC=CC(C)=CO. The summed E-state index contributed by atoms with van der Waals surface area (Å²) in [7, 11) is 0. The van der Waals surface area contributed by atoms with Crippen LogP contribution in [0.15, 0.2) is 24.0 Å². The van der Waals surface area contributed by atoms with Crippen molar-refractivity contribution in [1.82, 2.24) is 0 Å². The summed E-state index contributed by atoms with van der Waals surface area (Å²) >= 11 is 0. The second-order valence-electron chi connectivity index (χ2n) is 1.37. The highest BCUT2D eigenvalue weighted by atomic mass is 16.2. The van der Waals surface area contributed by atoms with E-state index in [2.05, 4.69) is 0 Å². The third-order valence-corrected chi connectivity index (χ3v) is 0.633. The molecular formula is C6H10O. The van der Waals surface area contributed by atoms with E-state index in [4.69, 9.17) is 5.11 Å². The van der Waals surface area contributed by atoms with Crippen LogP contribution in [-0.4, -0.2) is 5.11 Å². The molecule has 0 atom stereocenters. The summed E-state index contributed by atoms with van der Waals surface area (Å²) in [6, 6.07) is 0. The van der Waals surface area contributed by atoms with Gasteiger partial charge in [0.1, 0.15) is 0 Å². The Morgan fingerprint density at radius 3 is 2.29 bits per heavy atom. The van der Waals surface area contributed by atoms with E-state index >= 15 is 0 Å². The van der Waals surface area contributed by atoms with Crippen molar-refractivity contribution >= 4 is 0 Å². The average Bonchev–Trinajstić information content (AvgIpc) is 1.68. The van der Waals surface area contributed by atoms with Gasteiger partial charge >= 0.3 is 0 Å². The molecule has 0 bridgehead atoms. The molecule has 0 heterocycles. The molecule has 0 amide bonds. The lowest BCUT2D eigenvalue weighted by molar-refractivity contribution is 0.469. The van der Waals surface area contributed by atoms with Gasteiger partial charge in [-0.15, -0.1) is 0 Å². The van der Waals surface area contributed by atoms with Crippen LogP contribution in [0, 0.1) is 0 Å².